The van der Waals surface area contributed by atoms with Crippen LogP contribution in [0.1, 0.15) is 24.7 Å². The molecule has 11 heteroatoms. The Morgan fingerprint density at radius 3 is 2.81 bits per heavy atom. The Morgan fingerprint density at radius 1 is 1.12 bits per heavy atom. The molecule has 1 fully saturated rings. The monoisotopic (exact) mass is 450 g/mol. The van der Waals surface area contributed by atoms with Crippen molar-refractivity contribution in [3.63, 3.8) is 0 Å². The number of imidazole rings is 1. The van der Waals surface area contributed by atoms with Crippen molar-refractivity contribution in [2.45, 2.75) is 18.9 Å². The largest absolute Gasteiger partial charge is 0.344 e. The Balaban J connectivity index is 1.59. The number of rotatable bonds is 3. The minimum absolute atomic E-state index is 0.256. The maximum absolute atomic E-state index is 13.6. The highest BCUT2D eigenvalue weighted by molar-refractivity contribution is 6.33. The van der Waals surface area contributed by atoms with Gasteiger partial charge in [0.2, 0.25) is 0 Å². The molecule has 1 aliphatic rings. The average Bonchev–Trinajstić information content (AvgIpc) is 3.54. The normalized spacial score (nSPS) is 16.4. The first kappa shape index (κ1) is 18.9. The molecule has 0 saturated carbocycles. The quantitative estimate of drug-likeness (QED) is 0.453. The van der Waals surface area contributed by atoms with E-state index in [1.807, 2.05) is 0 Å². The van der Waals surface area contributed by atoms with Crippen LogP contribution in [0.3, 0.4) is 0 Å². The first-order valence-corrected chi connectivity index (χ1v) is 10.5. The van der Waals surface area contributed by atoms with Crippen LogP contribution in [0.5, 0.6) is 0 Å². The third-order valence-electron chi connectivity index (χ3n) is 5.77. The summed E-state index contributed by atoms with van der Waals surface area (Å²) in [5.41, 5.74) is 1.74. The smallest absolute Gasteiger partial charge is 0.284 e. The molecule has 32 heavy (non-hydrogen) atoms. The van der Waals surface area contributed by atoms with Crippen LogP contribution in [-0.4, -0.2) is 40.7 Å². The van der Waals surface area contributed by atoms with E-state index in [9.17, 15) is 9.18 Å². The van der Waals surface area contributed by atoms with Crippen LogP contribution < -0.4 is 10.5 Å². The third-order valence-corrected chi connectivity index (χ3v) is 6.07. The summed E-state index contributed by atoms with van der Waals surface area (Å²) in [7, 11) is 0. The molecule has 1 aliphatic heterocycles. The predicted molar refractivity (Wildman–Crippen MR) is 117 cm³/mol. The number of nitrogens with one attached hydrogen (secondary N) is 1. The summed E-state index contributed by atoms with van der Waals surface area (Å²) in [4.78, 5) is 31.7. The minimum atomic E-state index is -0.387. The Kier molecular flexibility index (Phi) is 4.22. The lowest BCUT2D eigenvalue weighted by Crippen LogP contribution is -2.33. The molecule has 0 spiro atoms. The van der Waals surface area contributed by atoms with Gasteiger partial charge in [0.1, 0.15) is 23.2 Å². The summed E-state index contributed by atoms with van der Waals surface area (Å²) in [6.45, 7) is 0.716. The van der Waals surface area contributed by atoms with Crippen molar-refractivity contribution >= 4 is 34.1 Å². The van der Waals surface area contributed by atoms with E-state index in [0.29, 0.717) is 40.1 Å². The number of fused-ring (bicyclic) bond motifs is 2. The molecule has 1 N–H and O–H groups in total. The highest BCUT2D eigenvalue weighted by Crippen LogP contribution is 2.37. The highest BCUT2D eigenvalue weighted by Gasteiger charge is 2.34. The number of H-pyrrole nitrogens is 1. The molecule has 6 rings (SSSR count). The second-order valence-electron chi connectivity index (χ2n) is 7.58. The molecule has 4 aromatic heterocycles. The SMILES string of the molecule is O=c1c2c(Cl)ccn2nc([C@@H]2CCCN2c2ncnc3[nH]cnc23)n1-c1ccc(F)cc1. The van der Waals surface area contributed by atoms with Gasteiger partial charge in [0.05, 0.1) is 23.1 Å². The first-order valence-electron chi connectivity index (χ1n) is 10.1. The van der Waals surface area contributed by atoms with Crippen molar-refractivity contribution in [2.24, 2.45) is 0 Å². The molecule has 160 valence electrons. The zero-order valence-electron chi connectivity index (χ0n) is 16.6. The zero-order chi connectivity index (χ0) is 21.8. The van der Waals surface area contributed by atoms with Crippen LogP contribution in [0.4, 0.5) is 10.2 Å². The second-order valence-corrected chi connectivity index (χ2v) is 7.99. The molecular weight excluding hydrogens is 435 g/mol. The van der Waals surface area contributed by atoms with Crippen LogP contribution in [0, 0.1) is 5.82 Å². The fraction of sp³-hybridized carbons (Fsp3) is 0.190. The maximum atomic E-state index is 13.6. The van der Waals surface area contributed by atoms with Gasteiger partial charge in [-0.3, -0.25) is 9.36 Å². The van der Waals surface area contributed by atoms with E-state index < -0.39 is 0 Å². The standard InChI is InChI=1S/C21H16ClFN8O/c22-14-7-9-30-17(14)21(32)31(13-5-3-12(23)4-6-13)19(28-30)15-2-1-8-29(15)20-16-18(25-10-24-16)26-11-27-20/h3-7,9-11,15H,1-2,8H2,(H,24,25,26,27)/t15-/m0/s1. The number of anilines is 1. The van der Waals surface area contributed by atoms with Crippen molar-refractivity contribution in [3.05, 3.63) is 76.2 Å². The number of aromatic amines is 1. The van der Waals surface area contributed by atoms with Gasteiger partial charge in [0.15, 0.2) is 17.3 Å². The summed E-state index contributed by atoms with van der Waals surface area (Å²) >= 11 is 6.28. The molecule has 1 aromatic carbocycles. The van der Waals surface area contributed by atoms with Crippen LogP contribution >= 0.6 is 11.6 Å². The molecule has 0 unspecified atom stereocenters. The van der Waals surface area contributed by atoms with Crippen molar-refractivity contribution in [1.29, 1.82) is 0 Å². The number of benzene rings is 1. The van der Waals surface area contributed by atoms with E-state index >= 15 is 0 Å². The van der Waals surface area contributed by atoms with Crippen molar-refractivity contribution < 1.29 is 4.39 Å². The van der Waals surface area contributed by atoms with Crippen LogP contribution in [0.25, 0.3) is 22.4 Å². The number of hydrogen-bond donors (Lipinski definition) is 1. The Bertz CT molecular complexity index is 1520. The van der Waals surface area contributed by atoms with Crippen LogP contribution in [-0.2, 0) is 0 Å². The van der Waals surface area contributed by atoms with Gasteiger partial charge in [-0.25, -0.2) is 23.9 Å². The molecule has 0 aliphatic carbocycles. The number of halogens is 2. The summed E-state index contributed by atoms with van der Waals surface area (Å²) < 4.78 is 16.6. The summed E-state index contributed by atoms with van der Waals surface area (Å²) in [5, 5.41) is 5.08. The molecule has 9 nitrogen and oxygen atoms in total. The molecule has 0 amide bonds. The molecule has 5 aromatic rings. The topological polar surface area (TPSA) is 97.0 Å². The summed E-state index contributed by atoms with van der Waals surface area (Å²) in [6.07, 6.45) is 6.36. The molecule has 1 atom stereocenters. The van der Waals surface area contributed by atoms with E-state index in [4.69, 9.17) is 16.7 Å². The van der Waals surface area contributed by atoms with Gasteiger partial charge in [0.25, 0.3) is 5.56 Å². The highest BCUT2D eigenvalue weighted by atomic mass is 35.5. The van der Waals surface area contributed by atoms with Gasteiger partial charge in [-0.2, -0.15) is 5.10 Å². The average molecular weight is 451 g/mol. The van der Waals surface area contributed by atoms with E-state index in [0.717, 1.165) is 12.8 Å². The third kappa shape index (κ3) is 2.79. The molecule has 0 bridgehead atoms. The minimum Gasteiger partial charge on any atom is -0.344 e. The van der Waals surface area contributed by atoms with Gasteiger partial charge in [-0.05, 0) is 43.2 Å². The number of nitrogens with zero attached hydrogens (tertiary/aromatic N) is 7. The van der Waals surface area contributed by atoms with Crippen LogP contribution in [0.2, 0.25) is 5.02 Å². The van der Waals surface area contributed by atoms with E-state index in [1.54, 1.807) is 30.7 Å². The van der Waals surface area contributed by atoms with Crippen molar-refractivity contribution in [1.82, 2.24) is 34.1 Å². The van der Waals surface area contributed by atoms with Gasteiger partial charge >= 0.3 is 0 Å². The lowest BCUT2D eigenvalue weighted by atomic mass is 10.2. The predicted octanol–water partition coefficient (Wildman–Crippen LogP) is 3.29. The molecule has 5 heterocycles. The van der Waals surface area contributed by atoms with Crippen molar-refractivity contribution in [2.75, 3.05) is 11.4 Å². The molecular formula is C21H16ClFN8O. The number of hydrogen-bond acceptors (Lipinski definition) is 6. The Hall–Kier alpha value is -3.79. The molecule has 0 radical (unpaired) electrons. The summed E-state index contributed by atoms with van der Waals surface area (Å²) in [6, 6.07) is 7.14. The molecule has 1 saturated heterocycles. The fourth-order valence-electron chi connectivity index (χ4n) is 4.35. The second kappa shape index (κ2) is 7.13. The Labute approximate surface area is 185 Å². The maximum Gasteiger partial charge on any atom is 0.284 e. The fourth-order valence-corrected chi connectivity index (χ4v) is 4.58. The zero-order valence-corrected chi connectivity index (χ0v) is 17.4. The van der Waals surface area contributed by atoms with Gasteiger partial charge in [-0.15, -0.1) is 0 Å². The summed E-state index contributed by atoms with van der Waals surface area (Å²) in [5.74, 6) is 0.799. The van der Waals surface area contributed by atoms with Crippen molar-refractivity contribution in [3.8, 4) is 5.69 Å². The van der Waals surface area contributed by atoms with Gasteiger partial charge in [-0.1, -0.05) is 11.6 Å². The lowest BCUT2D eigenvalue weighted by Gasteiger charge is -2.27. The lowest BCUT2D eigenvalue weighted by molar-refractivity contribution is 0.599. The Morgan fingerprint density at radius 2 is 1.97 bits per heavy atom. The van der Waals surface area contributed by atoms with E-state index in [1.165, 1.54) is 27.5 Å². The first-order chi connectivity index (χ1) is 15.6. The number of aromatic nitrogens is 7. The van der Waals surface area contributed by atoms with Crippen LogP contribution in [0.15, 0.2) is 54.0 Å². The van der Waals surface area contributed by atoms with E-state index in [2.05, 4.69) is 24.8 Å². The van der Waals surface area contributed by atoms with E-state index in [-0.39, 0.29) is 22.9 Å². The van der Waals surface area contributed by atoms with Gasteiger partial charge < -0.3 is 9.88 Å². The van der Waals surface area contributed by atoms with Gasteiger partial charge in [0, 0.05) is 12.7 Å².